The van der Waals surface area contributed by atoms with Crippen molar-refractivity contribution in [2.24, 2.45) is 123 Å². The Morgan fingerprint density at radius 3 is 0.932 bits per heavy atom. The molecule has 43 nitrogen and oxygen atoms in total. The van der Waals surface area contributed by atoms with Gasteiger partial charge >= 0.3 is 65.7 Å². The molecule has 0 aliphatic carbocycles. The quantitative estimate of drug-likeness (QED) is 0.0242. The van der Waals surface area contributed by atoms with Crippen molar-refractivity contribution in [1.82, 2.24) is 0 Å². The fraction of sp³-hybridized carbons (Fsp3) is 0.890. The van der Waals surface area contributed by atoms with Crippen molar-refractivity contribution < 1.29 is 173 Å². The number of aliphatic hydroxyl groups is 4. The van der Waals surface area contributed by atoms with E-state index in [-0.39, 0.29) is 122 Å². The second-order valence-corrected chi connectivity index (χ2v) is 44.6. The molecule has 8 saturated heterocycles. The van der Waals surface area contributed by atoms with Crippen LogP contribution >= 0.6 is 58.8 Å². The standard InChI is InChI=1S/C27H43NO12S.C15H25NO7S.2C13H25NO3S.C12H23NO3S.C12H25NO2.C8H17NO6/c1-13-20(22(11-34-15(3)29)40-27(41-9-8-28)26(13)38-19(7)33)10-21-24(36-17(5)31)14(2)25(37-18(6)32)23(39-21)12-35-16(4)30;1-8-13(21-10(3)18)12(7-20-9(2)17)23-15(24-6-5-16)14(8)22-11(4)19;1-8-9(2)12(7-16-11(4)15)17-13(10(8)3)18-6-5-14;1-5-11-8(2)9(3)12(16-10(4)15)13(17-11)18-7-6-14;1-7-8(2)11(16-10(4)14)12(15-9(7)3)17-6-5-13;1-5-11-9(3)8(2)10(4)12(15-11)14-7-6-13;9-1-2-14-8-7(13)6(12)5(11)4(3-10)15-8/h13-14,20-27H,8-12,28H2,1-7H3;8,12-15H,5-7,16H2,1-4H3;8-10,12-13H,5-7,14H2,1-4H3;8-9,11-13H,5-7,14H2,1-4H3;7-9,11-12H,5-6,13H2,1-4H3;8-12H,5-7,13H2,1-4H3;4-8,10-13H,1-3,9H2/t;8-,12?,13+,14?,15-;8-,9-,10?,12?,13-;8-,9-,11?,12?,13+;;8-,9-,10?,11?,12-;4?,5-,6+,7?,8+/m.000.01/s1. The lowest BCUT2D eigenvalue weighted by Gasteiger charge is -2.49. The Labute approximate surface area is 897 Å². The van der Waals surface area contributed by atoms with Crippen molar-refractivity contribution in [3.05, 3.63) is 0 Å². The van der Waals surface area contributed by atoms with Gasteiger partial charge in [0.1, 0.15) is 133 Å². The van der Waals surface area contributed by atoms with Crippen LogP contribution in [0.5, 0.6) is 0 Å². The molecule has 8 aliphatic rings. The monoisotopic (exact) mass is 2220 g/mol. The van der Waals surface area contributed by atoms with Gasteiger partial charge in [-0.1, -0.05) is 104 Å². The van der Waals surface area contributed by atoms with Crippen LogP contribution in [0.3, 0.4) is 0 Å². The summed E-state index contributed by atoms with van der Waals surface area (Å²) in [6, 6.07) is 0. The normalized spacial score (nSPS) is 35.7. The Bertz CT molecular complexity index is 3770. The lowest BCUT2D eigenvalue weighted by Crippen LogP contribution is -2.59. The van der Waals surface area contributed by atoms with E-state index in [1.165, 1.54) is 99.7 Å². The maximum atomic E-state index is 12.1. The zero-order chi connectivity index (χ0) is 112. The highest BCUT2D eigenvalue weighted by Gasteiger charge is 2.55. The fourth-order valence-electron chi connectivity index (χ4n) is 18.3. The largest absolute Gasteiger partial charge is 0.463 e. The molecule has 0 amide bonds. The molecule has 0 aromatic rings. The zero-order valence-electron chi connectivity index (χ0n) is 92.1. The number of thioether (sulfide) groups is 5. The van der Waals surface area contributed by atoms with Crippen LogP contribution in [0.15, 0.2) is 0 Å². The van der Waals surface area contributed by atoms with Gasteiger partial charge in [-0.3, -0.25) is 52.7 Å². The van der Waals surface area contributed by atoms with Crippen molar-refractivity contribution in [2.45, 2.75) is 362 Å². The number of ether oxygens (including phenoxy) is 21. The summed E-state index contributed by atoms with van der Waals surface area (Å²) >= 11 is 7.85. The highest BCUT2D eigenvalue weighted by Crippen LogP contribution is 2.47. The number of carbonyl (C=O) groups is 11. The summed E-state index contributed by atoms with van der Waals surface area (Å²) in [7, 11) is 0. The molecule has 148 heavy (non-hydrogen) atoms. The third kappa shape index (κ3) is 47.6. The Kier molecular flexibility index (Phi) is 69.1. The molecule has 0 bridgehead atoms. The predicted molar refractivity (Wildman–Crippen MR) is 561 cm³/mol. The van der Waals surface area contributed by atoms with E-state index >= 15 is 0 Å². The van der Waals surface area contributed by atoms with Crippen LogP contribution in [0.25, 0.3) is 0 Å². The Morgan fingerprint density at radius 2 is 0.547 bits per heavy atom. The topological polar surface area (TPSA) is 645 Å². The minimum Gasteiger partial charge on any atom is -0.463 e. The molecule has 8 heterocycles. The molecule has 864 valence electrons. The SMILES string of the molecule is CC(=O)OC1C(SCCN)OC(C)C(C)C1C.CC(=O)OCC1OC(SCCN)C(OC(C)=O)C(C)C1CC1OC(COC(C)=O)C(OC(C)=O)C(C)C1OC(C)=O.CC(=O)OCC1O[C@@H](SCCN)C(C)[C@@H](C)[C@@H]1C.CC(=O)OCC1O[C@@H](SCCN)C(OC(C)=O)[C@@H](C)[C@H]1OC(C)=O.CCC1O[C@H](OCCN)C(C)[C@@H](C)[C@@H]1C.CCC1O[C@H](SCCN)C(OC(C)=O)[C@@H](C)[C@@H]1C.NCCO[C@H]1OC(CO)[C@@H](O)[C@H](O)C1O. The average Bonchev–Trinajstić information content (AvgIpc) is 0.649. The third-order valence-electron chi connectivity index (χ3n) is 27.4. The van der Waals surface area contributed by atoms with E-state index in [4.69, 9.17) is 145 Å². The van der Waals surface area contributed by atoms with E-state index in [2.05, 4.69) is 90.0 Å². The minimum atomic E-state index is -1.40. The first kappa shape index (κ1) is 139. The molecule has 18 N–H and O–H groups in total. The van der Waals surface area contributed by atoms with Crippen molar-refractivity contribution in [2.75, 3.05) is 121 Å². The molecule has 8 fully saturated rings. The van der Waals surface area contributed by atoms with Crippen LogP contribution < -0.4 is 40.1 Å². The third-order valence-corrected chi connectivity index (χ3v) is 33.5. The van der Waals surface area contributed by atoms with Gasteiger partial charge in [-0.15, -0.1) is 58.8 Å². The van der Waals surface area contributed by atoms with Gasteiger partial charge in [0.15, 0.2) is 12.6 Å². The number of carbonyl (C=O) groups excluding carboxylic acids is 11. The number of nitrogens with two attached hydrogens (primary N) is 7. The van der Waals surface area contributed by atoms with E-state index in [0.717, 1.165) is 30.1 Å². The summed E-state index contributed by atoms with van der Waals surface area (Å²) in [5.74, 6) is 1.89. The average molecular weight is 2220 g/mol. The number of aliphatic hydroxyl groups excluding tert-OH is 4. The molecule has 0 aromatic carbocycles. The van der Waals surface area contributed by atoms with Crippen LogP contribution in [0.2, 0.25) is 0 Å². The smallest absolute Gasteiger partial charge is 0.303 e. The first-order valence-electron chi connectivity index (χ1n) is 51.5. The number of hydrogen-bond donors (Lipinski definition) is 11. The van der Waals surface area contributed by atoms with E-state index < -0.39 is 163 Å². The van der Waals surface area contributed by atoms with Gasteiger partial charge in [-0.05, 0) is 73.5 Å². The van der Waals surface area contributed by atoms with Crippen molar-refractivity contribution in [1.29, 1.82) is 0 Å². The van der Waals surface area contributed by atoms with Crippen molar-refractivity contribution in [3.63, 3.8) is 0 Å². The summed E-state index contributed by atoms with van der Waals surface area (Å²) in [5, 5.41) is 37.1. The van der Waals surface area contributed by atoms with Crippen LogP contribution in [-0.2, 0) is 152 Å². The molecule has 40 atom stereocenters. The summed E-state index contributed by atoms with van der Waals surface area (Å²) in [5.41, 5.74) is 37.4. The first-order valence-corrected chi connectivity index (χ1v) is 56.8. The second kappa shape index (κ2) is 73.6. The Hall–Kier alpha value is -4.92. The maximum Gasteiger partial charge on any atom is 0.303 e. The highest BCUT2D eigenvalue weighted by molar-refractivity contribution is 8.00. The van der Waals surface area contributed by atoms with E-state index in [1.54, 1.807) is 49.1 Å². The number of hydrogen-bond acceptors (Lipinski definition) is 48. The van der Waals surface area contributed by atoms with Gasteiger partial charge in [0.05, 0.1) is 56.4 Å². The van der Waals surface area contributed by atoms with Gasteiger partial charge in [-0.2, -0.15) is 0 Å². The van der Waals surface area contributed by atoms with Gasteiger partial charge in [0.2, 0.25) is 0 Å². The van der Waals surface area contributed by atoms with Crippen molar-refractivity contribution >= 4 is 124 Å². The molecular weight excluding hydrogens is 2040 g/mol. The molecule has 25 unspecified atom stereocenters. The van der Waals surface area contributed by atoms with E-state index in [1.807, 2.05) is 6.92 Å². The van der Waals surface area contributed by atoms with Crippen LogP contribution in [0.4, 0.5) is 0 Å². The van der Waals surface area contributed by atoms with Crippen LogP contribution in [-0.4, -0.2) is 363 Å². The second-order valence-electron chi connectivity index (χ2n) is 38.6. The maximum absolute atomic E-state index is 12.1. The minimum absolute atomic E-state index is 0.00428. The van der Waals surface area contributed by atoms with Gasteiger partial charge in [0.25, 0.3) is 0 Å². The van der Waals surface area contributed by atoms with Crippen LogP contribution in [0.1, 0.15) is 206 Å². The highest BCUT2D eigenvalue weighted by atomic mass is 32.2. The molecular formula is C100H183N7O36S5. The predicted octanol–water partition coefficient (Wildman–Crippen LogP) is 6.12. The van der Waals surface area contributed by atoms with E-state index in [0.29, 0.717) is 129 Å². The van der Waals surface area contributed by atoms with Gasteiger partial charge < -0.3 is 160 Å². The zero-order valence-corrected chi connectivity index (χ0v) is 96.2. The molecule has 0 radical (unpaired) electrons. The summed E-state index contributed by atoms with van der Waals surface area (Å²) in [6.07, 6.45) is -10.0. The molecule has 8 rings (SSSR count). The lowest BCUT2D eigenvalue weighted by atomic mass is 9.76. The Balaban J connectivity index is 0.000000605. The van der Waals surface area contributed by atoms with Crippen LogP contribution in [0, 0.1) is 82.9 Å². The summed E-state index contributed by atoms with van der Waals surface area (Å²) in [4.78, 5) is 127. The molecule has 0 spiro atoms. The van der Waals surface area contributed by atoms with Gasteiger partial charge in [0, 0.05) is 186 Å². The summed E-state index contributed by atoms with van der Waals surface area (Å²) in [6.45, 7) is 52.2. The summed E-state index contributed by atoms with van der Waals surface area (Å²) < 4.78 is 117. The number of esters is 11. The Morgan fingerprint density at radius 1 is 0.257 bits per heavy atom. The molecule has 8 aliphatic heterocycles. The van der Waals surface area contributed by atoms with Crippen molar-refractivity contribution in [3.8, 4) is 0 Å². The first-order chi connectivity index (χ1) is 69.7. The fourth-order valence-corrected chi connectivity index (χ4v) is 23.8. The van der Waals surface area contributed by atoms with E-state index in [9.17, 15) is 68.1 Å². The van der Waals surface area contributed by atoms with Gasteiger partial charge in [-0.25, -0.2) is 0 Å². The molecule has 48 heteroatoms. The lowest BCUT2D eigenvalue weighted by molar-refractivity contribution is -0.300. The molecule has 0 saturated carbocycles. The number of rotatable bonds is 41. The molecule has 0 aromatic heterocycles.